The molecule has 8 rings (SSSR count). The molecular formula is C38H47N7O3. The number of carbonyl (C=O) groups is 1. The molecule has 252 valence electrons. The minimum atomic E-state index is -0.204. The van der Waals surface area contributed by atoms with E-state index in [1.54, 1.807) is 12.4 Å². The summed E-state index contributed by atoms with van der Waals surface area (Å²) in [5, 5.41) is 3.17. The lowest BCUT2D eigenvalue weighted by Gasteiger charge is -2.48. The summed E-state index contributed by atoms with van der Waals surface area (Å²) in [5.41, 5.74) is 7.74. The van der Waals surface area contributed by atoms with Crippen molar-refractivity contribution >= 4 is 28.6 Å². The topological polar surface area (TPSA) is 97.6 Å². The molecule has 0 aliphatic carbocycles. The van der Waals surface area contributed by atoms with Crippen LogP contribution in [0.3, 0.4) is 0 Å². The number of nitrogens with one attached hydrogen (secondary N) is 1. The molecule has 7 heterocycles. The van der Waals surface area contributed by atoms with Gasteiger partial charge < -0.3 is 23.8 Å². The van der Waals surface area contributed by atoms with Gasteiger partial charge in [-0.05, 0) is 113 Å². The number of likely N-dealkylation sites (tertiary alicyclic amines) is 1. The second kappa shape index (κ2) is 13.1. The smallest absolute Gasteiger partial charge is 0.258 e. The first-order valence-corrected chi connectivity index (χ1v) is 17.9. The van der Waals surface area contributed by atoms with Crippen molar-refractivity contribution in [3.05, 3.63) is 59.5 Å². The third kappa shape index (κ3) is 6.28. The zero-order valence-corrected chi connectivity index (χ0v) is 28.3. The van der Waals surface area contributed by atoms with Crippen LogP contribution in [-0.2, 0) is 11.3 Å². The summed E-state index contributed by atoms with van der Waals surface area (Å²) in [7, 11) is 0. The summed E-state index contributed by atoms with van der Waals surface area (Å²) < 4.78 is 13.8. The van der Waals surface area contributed by atoms with E-state index >= 15 is 0 Å². The van der Waals surface area contributed by atoms with Crippen LogP contribution < -0.4 is 15.0 Å². The van der Waals surface area contributed by atoms with Gasteiger partial charge in [-0.3, -0.25) is 20.1 Å². The van der Waals surface area contributed by atoms with Crippen molar-refractivity contribution in [2.45, 2.75) is 65.3 Å². The van der Waals surface area contributed by atoms with E-state index in [0.29, 0.717) is 29.2 Å². The quantitative estimate of drug-likeness (QED) is 0.278. The molecule has 0 unspecified atom stereocenters. The lowest BCUT2D eigenvalue weighted by Crippen LogP contribution is -2.49. The monoisotopic (exact) mass is 649 g/mol. The fourth-order valence-electron chi connectivity index (χ4n) is 8.16. The van der Waals surface area contributed by atoms with Crippen molar-refractivity contribution < 1.29 is 14.3 Å². The van der Waals surface area contributed by atoms with Crippen LogP contribution >= 0.6 is 0 Å². The summed E-state index contributed by atoms with van der Waals surface area (Å²) >= 11 is 0. The molecule has 1 spiro atoms. The number of pyridine rings is 2. The summed E-state index contributed by atoms with van der Waals surface area (Å²) in [6.07, 6.45) is 11.5. The first-order valence-electron chi connectivity index (χ1n) is 17.9. The fourth-order valence-corrected chi connectivity index (χ4v) is 8.16. The average molecular weight is 650 g/mol. The lowest BCUT2D eigenvalue weighted by molar-refractivity contribution is -0.0541. The number of nitrogens with zero attached hydrogens (tertiary/aromatic N) is 6. The maximum atomic E-state index is 13.8. The molecule has 10 heteroatoms. The number of amides is 1. The Morgan fingerprint density at radius 3 is 2.54 bits per heavy atom. The van der Waals surface area contributed by atoms with Crippen molar-refractivity contribution in [1.82, 2.24) is 24.4 Å². The number of anilines is 2. The molecule has 10 nitrogen and oxygen atoms in total. The van der Waals surface area contributed by atoms with Gasteiger partial charge in [-0.1, -0.05) is 0 Å². The molecule has 3 saturated heterocycles. The Labute approximate surface area is 282 Å². The van der Waals surface area contributed by atoms with E-state index in [1.807, 2.05) is 25.1 Å². The number of carbonyl (C=O) groups excluding carboxylic acids is 1. The predicted octanol–water partition coefficient (Wildman–Crippen LogP) is 6.25. The van der Waals surface area contributed by atoms with E-state index in [4.69, 9.17) is 19.4 Å². The molecule has 0 saturated carbocycles. The highest BCUT2D eigenvalue weighted by molar-refractivity contribution is 6.05. The average Bonchev–Trinajstić information content (AvgIpc) is 3.39. The van der Waals surface area contributed by atoms with Gasteiger partial charge in [-0.2, -0.15) is 0 Å². The standard InChI is InChI=1S/C38H47N7O3/c1-26-18-32-34(21-33(26)44-15-9-38(10-16-44)7-13-43(14-8-38)23-28-24-47-25-28)45-12-4-3-5-17-48-35-6-11-39-22-30(35)31-20-29(19-27(2)40-31)36(46)42-37(45)41-32/h6,11,18-22,28H,3-5,7-10,12-17,23-25H2,1-2H3,(H,41,42,46). The number of hydrogen-bond acceptors (Lipinski definition) is 8. The SMILES string of the molecule is Cc1cc2cc(n1)-c1cnccc1OCCCCCn1c(nc3cc(C)c(N4CCC5(CCN(CC6COC6)CC5)CC4)cc31)NC2=O. The Kier molecular flexibility index (Phi) is 8.54. The van der Waals surface area contributed by atoms with E-state index in [-0.39, 0.29) is 5.91 Å². The Hall–Kier alpha value is -4.02. The highest BCUT2D eigenvalue weighted by Gasteiger charge is 2.38. The van der Waals surface area contributed by atoms with Crippen LogP contribution in [0.15, 0.2) is 42.7 Å². The molecule has 3 fully saturated rings. The molecule has 1 amide bonds. The molecule has 48 heavy (non-hydrogen) atoms. The number of rotatable bonds is 3. The van der Waals surface area contributed by atoms with Crippen molar-refractivity contribution in [2.75, 3.05) is 62.8 Å². The molecule has 1 N–H and O–H groups in total. The Morgan fingerprint density at radius 2 is 1.75 bits per heavy atom. The zero-order valence-electron chi connectivity index (χ0n) is 28.3. The molecule has 0 atom stereocenters. The van der Waals surface area contributed by atoms with Gasteiger partial charge in [-0.25, -0.2) is 4.98 Å². The van der Waals surface area contributed by atoms with E-state index < -0.39 is 0 Å². The first-order chi connectivity index (χ1) is 23.4. The lowest BCUT2D eigenvalue weighted by atomic mass is 9.71. The van der Waals surface area contributed by atoms with Crippen LogP contribution in [0.4, 0.5) is 11.6 Å². The van der Waals surface area contributed by atoms with Crippen LogP contribution in [0.2, 0.25) is 0 Å². The molecule has 4 aromatic rings. The summed E-state index contributed by atoms with van der Waals surface area (Å²) in [5.74, 6) is 1.87. The number of fused-ring (bicyclic) bond motifs is 7. The molecule has 1 aromatic carbocycles. The number of hydrogen-bond donors (Lipinski definition) is 1. The van der Waals surface area contributed by atoms with Crippen LogP contribution in [0, 0.1) is 25.2 Å². The number of aromatic nitrogens is 4. The molecule has 2 bridgehead atoms. The van der Waals surface area contributed by atoms with Gasteiger partial charge in [0.25, 0.3) is 5.91 Å². The molecular weight excluding hydrogens is 602 g/mol. The van der Waals surface area contributed by atoms with Gasteiger partial charge in [0.2, 0.25) is 5.95 Å². The number of ether oxygens (including phenoxy) is 2. The number of piperidine rings is 2. The van der Waals surface area contributed by atoms with Gasteiger partial charge in [0.05, 0.1) is 42.1 Å². The third-order valence-corrected chi connectivity index (χ3v) is 11.2. The van der Waals surface area contributed by atoms with Crippen LogP contribution in [0.25, 0.3) is 22.3 Å². The van der Waals surface area contributed by atoms with Crippen molar-refractivity contribution in [2.24, 2.45) is 11.3 Å². The van der Waals surface area contributed by atoms with Gasteiger partial charge in [0.1, 0.15) is 5.75 Å². The van der Waals surface area contributed by atoms with E-state index in [1.165, 1.54) is 56.6 Å². The van der Waals surface area contributed by atoms with Gasteiger partial charge in [-0.15, -0.1) is 0 Å². The minimum Gasteiger partial charge on any atom is -0.493 e. The summed E-state index contributed by atoms with van der Waals surface area (Å²) in [6.45, 7) is 13.2. The number of benzene rings is 1. The summed E-state index contributed by atoms with van der Waals surface area (Å²) in [4.78, 5) is 33.1. The van der Waals surface area contributed by atoms with Gasteiger partial charge in [0, 0.05) is 61.4 Å². The minimum absolute atomic E-state index is 0.204. The Bertz CT molecular complexity index is 1800. The first kappa shape index (κ1) is 31.3. The number of imidazole rings is 1. The van der Waals surface area contributed by atoms with Crippen LogP contribution in [0.5, 0.6) is 5.75 Å². The normalized spacial score (nSPS) is 20.6. The maximum Gasteiger partial charge on any atom is 0.258 e. The van der Waals surface area contributed by atoms with Gasteiger partial charge in [0.15, 0.2) is 0 Å². The Morgan fingerprint density at radius 1 is 0.938 bits per heavy atom. The highest BCUT2D eigenvalue weighted by atomic mass is 16.5. The highest BCUT2D eigenvalue weighted by Crippen LogP contribution is 2.43. The van der Waals surface area contributed by atoms with E-state index in [0.717, 1.165) is 86.1 Å². The third-order valence-electron chi connectivity index (χ3n) is 11.2. The molecule has 4 aliphatic rings. The van der Waals surface area contributed by atoms with E-state index in [9.17, 15) is 4.79 Å². The number of aryl methyl sites for hydroxylation is 3. The van der Waals surface area contributed by atoms with Crippen LogP contribution in [-0.4, -0.2) is 82.9 Å². The van der Waals surface area contributed by atoms with Crippen molar-refractivity contribution in [1.29, 1.82) is 0 Å². The zero-order chi connectivity index (χ0) is 32.7. The van der Waals surface area contributed by atoms with Crippen molar-refractivity contribution in [3.63, 3.8) is 0 Å². The second-order valence-corrected chi connectivity index (χ2v) is 14.5. The largest absolute Gasteiger partial charge is 0.493 e. The fraction of sp³-hybridized carbons (Fsp3) is 0.526. The summed E-state index contributed by atoms with van der Waals surface area (Å²) in [6, 6.07) is 10.0. The molecule has 3 aromatic heterocycles. The van der Waals surface area contributed by atoms with Gasteiger partial charge >= 0.3 is 0 Å². The van der Waals surface area contributed by atoms with Crippen LogP contribution in [0.1, 0.15) is 66.6 Å². The molecule has 0 radical (unpaired) electrons. The van der Waals surface area contributed by atoms with Crippen molar-refractivity contribution in [3.8, 4) is 17.0 Å². The predicted molar refractivity (Wildman–Crippen MR) is 188 cm³/mol. The molecule has 4 aliphatic heterocycles. The maximum absolute atomic E-state index is 13.8. The Balaban J connectivity index is 1.04. The second-order valence-electron chi connectivity index (χ2n) is 14.5. The van der Waals surface area contributed by atoms with E-state index in [2.05, 4.69) is 43.7 Å².